The fourth-order valence-corrected chi connectivity index (χ4v) is 2.21. The Morgan fingerprint density at radius 3 is 2.64 bits per heavy atom. The van der Waals surface area contributed by atoms with Crippen LogP contribution in [0.5, 0.6) is 0 Å². The molecule has 1 heterocycles. The van der Waals surface area contributed by atoms with Crippen LogP contribution >= 0.6 is 22.6 Å². The maximum absolute atomic E-state index is 10.7. The highest BCUT2D eigenvalue weighted by molar-refractivity contribution is 14.1. The van der Waals surface area contributed by atoms with Crippen molar-refractivity contribution in [1.29, 1.82) is 0 Å². The molecular weight excluding hydrogens is 395 g/mol. The second kappa shape index (κ2) is 7.39. The van der Waals surface area contributed by atoms with Gasteiger partial charge in [0.1, 0.15) is 6.61 Å². The largest absolute Gasteiger partial charge is 0.464 e. The van der Waals surface area contributed by atoms with Crippen molar-refractivity contribution in [2.75, 3.05) is 24.2 Å². The molecule has 0 bridgehead atoms. The van der Waals surface area contributed by atoms with Crippen molar-refractivity contribution in [1.82, 2.24) is 9.97 Å². The third kappa shape index (κ3) is 4.30. The number of esters is 1. The lowest BCUT2D eigenvalue weighted by Gasteiger charge is -2.11. The number of nitrogens with zero attached hydrogens (tertiary/aromatic N) is 2. The molecule has 1 aromatic heterocycles. The first-order valence-electron chi connectivity index (χ1n) is 6.74. The van der Waals surface area contributed by atoms with Crippen molar-refractivity contribution in [2.45, 2.75) is 13.8 Å². The molecule has 0 aliphatic rings. The van der Waals surface area contributed by atoms with Crippen LogP contribution in [0.3, 0.4) is 0 Å². The van der Waals surface area contributed by atoms with E-state index in [1.165, 1.54) is 6.92 Å². The first-order valence-corrected chi connectivity index (χ1v) is 7.82. The second-order valence-corrected chi connectivity index (χ2v) is 5.91. The van der Waals surface area contributed by atoms with Crippen molar-refractivity contribution in [3.8, 4) is 11.3 Å². The molecule has 0 saturated carbocycles. The number of aromatic nitrogens is 2. The number of halogens is 1. The van der Waals surface area contributed by atoms with E-state index in [2.05, 4.69) is 37.9 Å². The Kier molecular flexibility index (Phi) is 5.53. The van der Waals surface area contributed by atoms with E-state index < -0.39 is 0 Å². The van der Waals surface area contributed by atoms with Gasteiger partial charge in [0.25, 0.3) is 0 Å². The molecule has 116 valence electrons. The van der Waals surface area contributed by atoms with Gasteiger partial charge < -0.3 is 15.8 Å². The third-order valence-electron chi connectivity index (χ3n) is 2.94. The molecule has 22 heavy (non-hydrogen) atoms. The standard InChI is InChI=1S/C15H17IN4O2/c1-9-13(17)14(11-3-5-12(16)6-4-11)20-15(19-9)18-7-8-22-10(2)21/h3-6H,7-8,17H2,1-2H3,(H,18,19,20). The van der Waals surface area contributed by atoms with E-state index >= 15 is 0 Å². The summed E-state index contributed by atoms with van der Waals surface area (Å²) in [5.41, 5.74) is 8.99. The highest BCUT2D eigenvalue weighted by Gasteiger charge is 2.11. The summed E-state index contributed by atoms with van der Waals surface area (Å²) in [7, 11) is 0. The topological polar surface area (TPSA) is 90.1 Å². The lowest BCUT2D eigenvalue weighted by Crippen LogP contribution is -2.14. The van der Waals surface area contributed by atoms with Crippen LogP contribution in [0.4, 0.5) is 11.6 Å². The fourth-order valence-electron chi connectivity index (χ4n) is 1.85. The Bertz CT molecular complexity index is 674. The fraction of sp³-hybridized carbons (Fsp3) is 0.267. The number of carbonyl (C=O) groups is 1. The zero-order valence-electron chi connectivity index (χ0n) is 12.4. The van der Waals surface area contributed by atoms with Crippen LogP contribution in [0.2, 0.25) is 0 Å². The smallest absolute Gasteiger partial charge is 0.302 e. The summed E-state index contributed by atoms with van der Waals surface area (Å²) in [6.07, 6.45) is 0. The number of hydrogen-bond donors (Lipinski definition) is 2. The monoisotopic (exact) mass is 412 g/mol. The molecular formula is C15H17IN4O2. The molecule has 2 aromatic rings. The number of nitrogens with two attached hydrogens (primary N) is 1. The molecule has 0 fully saturated rings. The number of nitrogens with one attached hydrogen (secondary N) is 1. The quantitative estimate of drug-likeness (QED) is 0.446. The van der Waals surface area contributed by atoms with Gasteiger partial charge in [-0.2, -0.15) is 0 Å². The molecule has 0 aliphatic heterocycles. The number of nitrogen functional groups attached to an aromatic ring is 1. The Morgan fingerprint density at radius 2 is 2.00 bits per heavy atom. The van der Waals surface area contributed by atoms with Crippen LogP contribution in [0.25, 0.3) is 11.3 Å². The number of hydrogen-bond acceptors (Lipinski definition) is 6. The number of anilines is 2. The van der Waals surface area contributed by atoms with E-state index in [-0.39, 0.29) is 12.6 Å². The zero-order valence-corrected chi connectivity index (χ0v) is 14.5. The van der Waals surface area contributed by atoms with E-state index in [1.54, 1.807) is 0 Å². The average molecular weight is 412 g/mol. The van der Waals surface area contributed by atoms with Crippen molar-refractivity contribution in [2.24, 2.45) is 0 Å². The van der Waals surface area contributed by atoms with Crippen molar-refractivity contribution < 1.29 is 9.53 Å². The maximum atomic E-state index is 10.7. The number of benzene rings is 1. The van der Waals surface area contributed by atoms with E-state index in [0.717, 1.165) is 9.13 Å². The van der Waals surface area contributed by atoms with Gasteiger partial charge in [0, 0.05) is 16.1 Å². The van der Waals surface area contributed by atoms with Crippen LogP contribution in [0.1, 0.15) is 12.6 Å². The highest BCUT2D eigenvalue weighted by Crippen LogP contribution is 2.27. The molecule has 0 spiro atoms. The number of carbonyl (C=O) groups excluding carboxylic acids is 1. The van der Waals surface area contributed by atoms with E-state index in [4.69, 9.17) is 10.5 Å². The normalized spacial score (nSPS) is 10.3. The van der Waals surface area contributed by atoms with Crippen molar-refractivity contribution in [3.05, 3.63) is 33.5 Å². The van der Waals surface area contributed by atoms with Crippen molar-refractivity contribution >= 4 is 40.2 Å². The minimum atomic E-state index is -0.309. The Labute approximate surface area is 142 Å². The molecule has 0 atom stereocenters. The molecule has 3 N–H and O–H groups in total. The highest BCUT2D eigenvalue weighted by atomic mass is 127. The molecule has 0 radical (unpaired) electrons. The molecule has 6 nitrogen and oxygen atoms in total. The van der Waals surface area contributed by atoms with Crippen LogP contribution < -0.4 is 11.1 Å². The Hall–Kier alpha value is -1.90. The van der Waals surface area contributed by atoms with E-state index in [0.29, 0.717) is 29.6 Å². The van der Waals surface area contributed by atoms with Crippen molar-refractivity contribution in [3.63, 3.8) is 0 Å². The van der Waals surface area contributed by atoms with Gasteiger partial charge in [0.15, 0.2) is 0 Å². The SMILES string of the molecule is CC(=O)OCCNc1nc(C)c(N)c(-c2ccc(I)cc2)n1. The van der Waals surface area contributed by atoms with Crippen LogP contribution in [0, 0.1) is 10.5 Å². The first kappa shape index (κ1) is 16.5. The summed E-state index contributed by atoms with van der Waals surface area (Å²) in [5.74, 6) is 0.156. The summed E-state index contributed by atoms with van der Waals surface area (Å²) in [4.78, 5) is 19.5. The van der Waals surface area contributed by atoms with Gasteiger partial charge in [-0.1, -0.05) is 12.1 Å². The Morgan fingerprint density at radius 1 is 1.32 bits per heavy atom. The molecule has 0 aliphatic carbocycles. The predicted molar refractivity (Wildman–Crippen MR) is 94.5 cm³/mol. The molecule has 0 unspecified atom stereocenters. The van der Waals surface area contributed by atoms with Gasteiger partial charge >= 0.3 is 5.97 Å². The third-order valence-corrected chi connectivity index (χ3v) is 3.66. The molecule has 7 heteroatoms. The minimum absolute atomic E-state index is 0.265. The second-order valence-electron chi connectivity index (χ2n) is 4.67. The summed E-state index contributed by atoms with van der Waals surface area (Å²) in [5, 5.41) is 3.03. The lowest BCUT2D eigenvalue weighted by molar-refractivity contribution is -0.140. The molecule has 2 rings (SSSR count). The summed E-state index contributed by atoms with van der Waals surface area (Å²) in [6.45, 7) is 3.92. The average Bonchev–Trinajstić information content (AvgIpc) is 2.48. The summed E-state index contributed by atoms with van der Waals surface area (Å²) >= 11 is 2.25. The first-order chi connectivity index (χ1) is 10.5. The predicted octanol–water partition coefficient (Wildman–Crippen LogP) is 2.61. The van der Waals surface area contributed by atoms with Gasteiger partial charge in [-0.05, 0) is 41.6 Å². The van der Waals surface area contributed by atoms with E-state index in [9.17, 15) is 4.79 Å². The molecule has 0 saturated heterocycles. The Balaban J connectivity index is 2.19. The summed E-state index contributed by atoms with van der Waals surface area (Å²) < 4.78 is 6.01. The lowest BCUT2D eigenvalue weighted by atomic mass is 10.1. The number of rotatable bonds is 5. The molecule has 1 aromatic carbocycles. The van der Waals surface area contributed by atoms with Gasteiger partial charge in [-0.3, -0.25) is 4.79 Å². The number of aryl methyl sites for hydroxylation is 1. The van der Waals surface area contributed by atoms with Gasteiger partial charge in [-0.25, -0.2) is 9.97 Å². The van der Waals surface area contributed by atoms with Crippen LogP contribution in [-0.4, -0.2) is 29.1 Å². The van der Waals surface area contributed by atoms with E-state index in [1.807, 2.05) is 31.2 Å². The van der Waals surface area contributed by atoms with Crippen LogP contribution in [0.15, 0.2) is 24.3 Å². The van der Waals surface area contributed by atoms with Gasteiger partial charge in [0.2, 0.25) is 5.95 Å². The van der Waals surface area contributed by atoms with Crippen LogP contribution in [-0.2, 0) is 9.53 Å². The molecule has 0 amide bonds. The summed E-state index contributed by atoms with van der Waals surface area (Å²) in [6, 6.07) is 7.95. The zero-order chi connectivity index (χ0) is 16.1. The minimum Gasteiger partial charge on any atom is -0.464 e. The van der Waals surface area contributed by atoms with Gasteiger partial charge in [0.05, 0.1) is 23.6 Å². The maximum Gasteiger partial charge on any atom is 0.302 e. The number of ether oxygens (including phenoxy) is 1. The van der Waals surface area contributed by atoms with Gasteiger partial charge in [-0.15, -0.1) is 0 Å².